The molecule has 2 aromatic rings. The summed E-state index contributed by atoms with van der Waals surface area (Å²) < 4.78 is 0. The minimum absolute atomic E-state index is 0.242. The monoisotopic (exact) mass is 370 g/mol. The fourth-order valence-electron chi connectivity index (χ4n) is 2.61. The lowest BCUT2D eigenvalue weighted by molar-refractivity contribution is 0.0999. The van der Waals surface area contributed by atoms with Crippen molar-refractivity contribution in [3.8, 4) is 6.19 Å². The number of rotatable bonds is 5. The number of nitrogens with zero attached hydrogens (tertiary/aromatic N) is 3. The summed E-state index contributed by atoms with van der Waals surface area (Å²) in [6, 6.07) is 4.86. The number of nitrogen functional groups attached to an aromatic ring is 1. The number of primary amides is 1. The number of hydrogen-bond donors (Lipinski definition) is 3. The van der Waals surface area contributed by atoms with Crippen molar-refractivity contribution in [2.45, 2.75) is 26.7 Å². The first-order valence-electron chi connectivity index (χ1n) is 7.96. The Morgan fingerprint density at radius 2 is 2.15 bits per heavy atom. The first kappa shape index (κ1) is 19.2. The molecule has 0 fully saturated rings. The Balaban J connectivity index is 2.67. The van der Waals surface area contributed by atoms with Crippen LogP contribution in [0.2, 0.25) is 5.15 Å². The maximum absolute atomic E-state index is 11.9. The molecule has 1 heterocycles. The van der Waals surface area contributed by atoms with Crippen molar-refractivity contribution in [2.24, 2.45) is 10.7 Å². The summed E-state index contributed by atoms with van der Waals surface area (Å²) in [5.74, 6) is -0.336. The van der Waals surface area contributed by atoms with Crippen LogP contribution < -0.4 is 16.8 Å². The Hall–Kier alpha value is -3.11. The standard InChI is InChI=1S/C18H19ClN6O/c1-3-4-12-14(17(22)26)7-13(10(2)16(12)21)18(24-9-20)25-11-5-6-15(19)23-8-11/h5-8H,3-4,21H2,1-2H3,(H2,22,26)(H,24,25). The molecule has 0 atom stereocenters. The number of nitriles is 1. The van der Waals surface area contributed by atoms with E-state index in [4.69, 9.17) is 28.3 Å². The molecular weight excluding hydrogens is 352 g/mol. The number of carbonyl (C=O) groups is 1. The molecule has 0 spiro atoms. The predicted octanol–water partition coefficient (Wildman–Crippen LogP) is 2.83. The fourth-order valence-corrected chi connectivity index (χ4v) is 2.72. The van der Waals surface area contributed by atoms with Gasteiger partial charge in [0.1, 0.15) is 11.0 Å². The number of carbonyl (C=O) groups excluding carboxylic acids is 1. The number of pyridine rings is 1. The smallest absolute Gasteiger partial charge is 0.249 e. The Labute approximate surface area is 156 Å². The molecule has 0 saturated carbocycles. The molecule has 0 aliphatic rings. The first-order chi connectivity index (χ1) is 12.4. The van der Waals surface area contributed by atoms with E-state index in [0.717, 1.165) is 6.42 Å². The molecule has 7 nitrogen and oxygen atoms in total. The Morgan fingerprint density at radius 1 is 1.42 bits per heavy atom. The molecule has 0 unspecified atom stereocenters. The SMILES string of the molecule is CCCc1c(C(N)=O)cc(C(=Nc2ccc(Cl)nc2)NC#N)c(C)c1N. The Bertz CT molecular complexity index is 899. The Morgan fingerprint density at radius 3 is 2.69 bits per heavy atom. The lowest BCUT2D eigenvalue weighted by atomic mass is 9.93. The summed E-state index contributed by atoms with van der Waals surface area (Å²) in [5, 5.41) is 12.0. The van der Waals surface area contributed by atoms with Gasteiger partial charge < -0.3 is 11.5 Å². The maximum atomic E-state index is 11.9. The van der Waals surface area contributed by atoms with E-state index in [0.29, 0.717) is 45.2 Å². The second kappa shape index (κ2) is 8.32. The third kappa shape index (κ3) is 4.10. The van der Waals surface area contributed by atoms with Crippen LogP contribution in [0, 0.1) is 18.4 Å². The number of aliphatic imine (C=N–C) groups is 1. The van der Waals surface area contributed by atoms with E-state index in [1.807, 2.05) is 20.0 Å². The molecule has 0 saturated heterocycles. The van der Waals surface area contributed by atoms with Gasteiger partial charge in [-0.15, -0.1) is 0 Å². The molecule has 0 aliphatic carbocycles. The number of nitrogens with one attached hydrogen (secondary N) is 1. The van der Waals surface area contributed by atoms with E-state index in [9.17, 15) is 4.79 Å². The van der Waals surface area contributed by atoms with Gasteiger partial charge in [0.05, 0.1) is 11.9 Å². The summed E-state index contributed by atoms with van der Waals surface area (Å²) in [6.07, 6.45) is 4.77. The highest BCUT2D eigenvalue weighted by Crippen LogP contribution is 2.27. The number of nitrogens with two attached hydrogens (primary N) is 2. The molecule has 2 rings (SSSR count). The number of amides is 1. The number of amidine groups is 1. The van der Waals surface area contributed by atoms with Crippen LogP contribution in [0.3, 0.4) is 0 Å². The first-order valence-corrected chi connectivity index (χ1v) is 8.34. The molecule has 0 radical (unpaired) electrons. The van der Waals surface area contributed by atoms with Crippen LogP contribution in [0.5, 0.6) is 0 Å². The van der Waals surface area contributed by atoms with Crippen molar-refractivity contribution in [2.75, 3.05) is 5.73 Å². The molecule has 26 heavy (non-hydrogen) atoms. The van der Waals surface area contributed by atoms with Crippen LogP contribution >= 0.6 is 11.6 Å². The summed E-state index contributed by atoms with van der Waals surface area (Å²) in [4.78, 5) is 20.3. The van der Waals surface area contributed by atoms with E-state index in [1.54, 1.807) is 18.2 Å². The minimum Gasteiger partial charge on any atom is -0.398 e. The zero-order valence-electron chi connectivity index (χ0n) is 14.5. The molecule has 134 valence electrons. The lowest BCUT2D eigenvalue weighted by Crippen LogP contribution is -2.23. The van der Waals surface area contributed by atoms with Gasteiger partial charge in [0.15, 0.2) is 6.19 Å². The molecule has 1 amide bonds. The average Bonchev–Trinajstić information content (AvgIpc) is 2.60. The highest BCUT2D eigenvalue weighted by atomic mass is 35.5. The van der Waals surface area contributed by atoms with E-state index >= 15 is 0 Å². The zero-order chi connectivity index (χ0) is 19.3. The van der Waals surface area contributed by atoms with Crippen molar-refractivity contribution in [1.29, 1.82) is 5.26 Å². The zero-order valence-corrected chi connectivity index (χ0v) is 15.3. The molecular formula is C18H19ClN6O. The topological polar surface area (TPSA) is 130 Å². The van der Waals surface area contributed by atoms with Crippen molar-refractivity contribution < 1.29 is 4.79 Å². The fraction of sp³-hybridized carbons (Fsp3) is 0.222. The second-order valence-electron chi connectivity index (χ2n) is 5.64. The maximum Gasteiger partial charge on any atom is 0.249 e. The van der Waals surface area contributed by atoms with Crippen LogP contribution in [0.25, 0.3) is 0 Å². The number of hydrogen-bond acceptors (Lipinski definition) is 5. The normalized spacial score (nSPS) is 11.1. The minimum atomic E-state index is -0.578. The van der Waals surface area contributed by atoms with Gasteiger partial charge in [0.2, 0.25) is 5.91 Å². The lowest BCUT2D eigenvalue weighted by Gasteiger charge is -2.17. The van der Waals surface area contributed by atoms with Crippen LogP contribution in [0.1, 0.15) is 40.4 Å². The molecule has 0 bridgehead atoms. The van der Waals surface area contributed by atoms with Crippen molar-refractivity contribution in [1.82, 2.24) is 10.3 Å². The second-order valence-corrected chi connectivity index (χ2v) is 6.03. The number of halogens is 1. The van der Waals surface area contributed by atoms with Crippen LogP contribution in [0.15, 0.2) is 29.4 Å². The van der Waals surface area contributed by atoms with E-state index in [2.05, 4.69) is 15.3 Å². The van der Waals surface area contributed by atoms with E-state index in [-0.39, 0.29) is 5.84 Å². The van der Waals surface area contributed by atoms with Gasteiger partial charge in [-0.05, 0) is 42.7 Å². The van der Waals surface area contributed by atoms with E-state index < -0.39 is 5.91 Å². The molecule has 0 aliphatic heterocycles. The van der Waals surface area contributed by atoms with Crippen LogP contribution in [0.4, 0.5) is 11.4 Å². The average molecular weight is 371 g/mol. The van der Waals surface area contributed by atoms with Gasteiger partial charge in [-0.2, -0.15) is 5.26 Å². The molecule has 8 heteroatoms. The van der Waals surface area contributed by atoms with Crippen molar-refractivity contribution in [3.63, 3.8) is 0 Å². The van der Waals surface area contributed by atoms with Gasteiger partial charge >= 0.3 is 0 Å². The molecule has 1 aromatic heterocycles. The van der Waals surface area contributed by atoms with E-state index in [1.165, 1.54) is 6.20 Å². The van der Waals surface area contributed by atoms with Crippen molar-refractivity contribution in [3.05, 3.63) is 51.8 Å². The quantitative estimate of drug-likeness (QED) is 0.186. The van der Waals surface area contributed by atoms with Gasteiger partial charge in [-0.3, -0.25) is 10.1 Å². The van der Waals surface area contributed by atoms with Gasteiger partial charge in [0.25, 0.3) is 0 Å². The largest absolute Gasteiger partial charge is 0.398 e. The van der Waals surface area contributed by atoms with Crippen molar-refractivity contribution >= 4 is 34.7 Å². The van der Waals surface area contributed by atoms with Gasteiger partial charge in [-0.1, -0.05) is 24.9 Å². The number of benzene rings is 1. The highest BCUT2D eigenvalue weighted by Gasteiger charge is 2.19. The summed E-state index contributed by atoms with van der Waals surface area (Å²) in [5.41, 5.74) is 15.0. The highest BCUT2D eigenvalue weighted by molar-refractivity contribution is 6.29. The van der Waals surface area contributed by atoms with Crippen LogP contribution in [-0.2, 0) is 6.42 Å². The third-order valence-corrected chi connectivity index (χ3v) is 4.12. The molecule has 5 N–H and O–H groups in total. The van der Waals surface area contributed by atoms with Gasteiger partial charge in [-0.25, -0.2) is 9.98 Å². The summed E-state index contributed by atoms with van der Waals surface area (Å²) in [7, 11) is 0. The van der Waals surface area contributed by atoms with Crippen LogP contribution in [-0.4, -0.2) is 16.7 Å². The third-order valence-electron chi connectivity index (χ3n) is 3.89. The number of aromatic nitrogens is 1. The molecule has 1 aromatic carbocycles. The predicted molar refractivity (Wildman–Crippen MR) is 102 cm³/mol. The summed E-state index contributed by atoms with van der Waals surface area (Å²) in [6.45, 7) is 3.80. The van der Waals surface area contributed by atoms with Gasteiger partial charge in [0, 0.05) is 16.8 Å². The summed E-state index contributed by atoms with van der Waals surface area (Å²) >= 11 is 5.78. The number of anilines is 1. The Kier molecular flexibility index (Phi) is 6.15.